The van der Waals surface area contributed by atoms with Crippen molar-refractivity contribution in [1.82, 2.24) is 14.9 Å². The molecule has 1 aliphatic heterocycles. The van der Waals surface area contributed by atoms with Crippen molar-refractivity contribution in [1.29, 1.82) is 0 Å². The summed E-state index contributed by atoms with van der Waals surface area (Å²) in [6.07, 6.45) is 7.51. The Balaban J connectivity index is 1.94. The molecule has 1 amide bonds. The molecule has 1 aliphatic rings. The fourth-order valence-electron chi connectivity index (χ4n) is 3.34. The Morgan fingerprint density at radius 3 is 2.45 bits per heavy atom. The number of amides is 1. The largest absolute Gasteiger partial charge is 0.387 e. The summed E-state index contributed by atoms with van der Waals surface area (Å²) in [5, 5.41) is 0. The van der Waals surface area contributed by atoms with Crippen LogP contribution in [0.15, 0.2) is 41.2 Å². The summed E-state index contributed by atoms with van der Waals surface area (Å²) in [5.74, 6) is 0.416. The van der Waals surface area contributed by atoms with Crippen molar-refractivity contribution in [3.63, 3.8) is 0 Å². The van der Waals surface area contributed by atoms with Crippen LogP contribution in [0.25, 0.3) is 17.2 Å². The first-order chi connectivity index (χ1) is 14.0. The summed E-state index contributed by atoms with van der Waals surface area (Å²) < 4.78 is 0. The van der Waals surface area contributed by atoms with E-state index < -0.39 is 0 Å². The van der Waals surface area contributed by atoms with E-state index in [1.54, 1.807) is 12.4 Å². The molecule has 7 nitrogen and oxygen atoms in total. The highest BCUT2D eigenvalue weighted by Gasteiger charge is 2.21. The maximum absolute atomic E-state index is 13.0. The fourth-order valence-corrected chi connectivity index (χ4v) is 3.34. The maximum Gasteiger partial charge on any atom is 0.250 e. The molecule has 0 saturated carbocycles. The number of carbonyl (C=O) groups is 1. The summed E-state index contributed by atoms with van der Waals surface area (Å²) in [6.45, 7) is 6.00. The monoisotopic (exact) mass is 392 g/mol. The van der Waals surface area contributed by atoms with Crippen molar-refractivity contribution in [2.75, 3.05) is 13.1 Å². The first kappa shape index (κ1) is 20.7. The van der Waals surface area contributed by atoms with Crippen molar-refractivity contribution in [2.45, 2.75) is 39.7 Å². The second-order valence-electron chi connectivity index (χ2n) is 7.11. The number of aliphatic imine (C=N–C) groups is 1. The minimum Gasteiger partial charge on any atom is -0.387 e. The molecule has 29 heavy (non-hydrogen) atoms. The summed E-state index contributed by atoms with van der Waals surface area (Å²) in [6, 6.07) is 5.78. The first-order valence-electron chi connectivity index (χ1n) is 10.0. The van der Waals surface area contributed by atoms with Gasteiger partial charge in [-0.15, -0.1) is 0 Å². The van der Waals surface area contributed by atoms with E-state index >= 15 is 0 Å². The fraction of sp³-hybridized carbons (Fsp3) is 0.364. The van der Waals surface area contributed by atoms with E-state index in [1.807, 2.05) is 29.2 Å². The molecular formula is C22H28N6O. The number of fused-ring (bicyclic) bond motifs is 1. The minimum absolute atomic E-state index is 0.00662. The van der Waals surface area contributed by atoms with E-state index in [-0.39, 0.29) is 5.91 Å². The van der Waals surface area contributed by atoms with Gasteiger partial charge >= 0.3 is 0 Å². The first-order valence-corrected chi connectivity index (χ1v) is 10.0. The number of rotatable bonds is 7. The van der Waals surface area contributed by atoms with Crippen LogP contribution in [0.4, 0.5) is 5.69 Å². The van der Waals surface area contributed by atoms with E-state index in [0.29, 0.717) is 35.8 Å². The standard InChI is InChI=1S/C22H28N6O/c1-3-7-28(8-4-2)22(29)16-9-19-20(27-21(24)11-16)10-17(14-26-19)15-5-6-18(12-23)25-13-15/h5-6,9-10,13-14H,3-4,7-8,11-12,23H2,1-2H3,(H2,24,27). The van der Waals surface area contributed by atoms with Crippen molar-refractivity contribution in [2.24, 2.45) is 16.5 Å². The van der Waals surface area contributed by atoms with Crippen LogP contribution in [-0.2, 0) is 11.3 Å². The van der Waals surface area contributed by atoms with Gasteiger partial charge in [0.2, 0.25) is 5.91 Å². The highest BCUT2D eigenvalue weighted by Crippen LogP contribution is 2.30. The zero-order valence-corrected chi connectivity index (χ0v) is 17.1. The van der Waals surface area contributed by atoms with E-state index in [4.69, 9.17) is 11.5 Å². The van der Waals surface area contributed by atoms with Gasteiger partial charge in [0, 0.05) is 55.1 Å². The number of nitrogens with zero attached hydrogens (tertiary/aromatic N) is 4. The van der Waals surface area contributed by atoms with Gasteiger partial charge in [0.05, 0.1) is 17.1 Å². The third-order valence-electron chi connectivity index (χ3n) is 4.76. The van der Waals surface area contributed by atoms with Gasteiger partial charge in [-0.2, -0.15) is 0 Å². The normalized spacial score (nSPS) is 13.2. The van der Waals surface area contributed by atoms with Gasteiger partial charge in [-0.3, -0.25) is 14.8 Å². The van der Waals surface area contributed by atoms with Gasteiger partial charge in [-0.05, 0) is 31.1 Å². The molecule has 0 fully saturated rings. The average Bonchev–Trinajstić information content (AvgIpc) is 2.90. The van der Waals surface area contributed by atoms with Gasteiger partial charge in [0.1, 0.15) is 5.84 Å². The van der Waals surface area contributed by atoms with Crippen LogP contribution in [0, 0.1) is 0 Å². The quantitative estimate of drug-likeness (QED) is 0.752. The molecule has 3 heterocycles. The molecule has 3 rings (SSSR count). The van der Waals surface area contributed by atoms with Crippen molar-refractivity contribution < 1.29 is 4.79 Å². The van der Waals surface area contributed by atoms with Gasteiger partial charge in [0.25, 0.3) is 0 Å². The molecule has 2 aromatic rings. The summed E-state index contributed by atoms with van der Waals surface area (Å²) in [4.78, 5) is 28.3. The average molecular weight is 393 g/mol. The van der Waals surface area contributed by atoms with E-state index in [2.05, 4.69) is 28.8 Å². The lowest BCUT2D eigenvalue weighted by Crippen LogP contribution is -2.34. The van der Waals surface area contributed by atoms with Crippen molar-refractivity contribution in [3.8, 4) is 11.1 Å². The summed E-state index contributed by atoms with van der Waals surface area (Å²) in [5.41, 5.74) is 16.3. The summed E-state index contributed by atoms with van der Waals surface area (Å²) in [7, 11) is 0. The van der Waals surface area contributed by atoms with Crippen LogP contribution in [-0.4, -0.2) is 39.7 Å². The lowest BCUT2D eigenvalue weighted by Gasteiger charge is -2.22. The SMILES string of the molecule is CCCN(CCC)C(=O)C1=Cc2ncc(-c3ccc(CN)nc3)cc2N=C(N)C1. The minimum atomic E-state index is 0.00662. The molecule has 0 radical (unpaired) electrons. The van der Waals surface area contributed by atoms with Crippen LogP contribution in [0.5, 0.6) is 0 Å². The Morgan fingerprint density at radius 1 is 1.10 bits per heavy atom. The molecule has 7 heteroatoms. The van der Waals surface area contributed by atoms with Gasteiger partial charge in [0.15, 0.2) is 0 Å². The molecule has 0 bridgehead atoms. The van der Waals surface area contributed by atoms with Crippen LogP contribution in [0.2, 0.25) is 0 Å². The number of pyridine rings is 2. The Hall–Kier alpha value is -3.06. The van der Waals surface area contributed by atoms with Crippen LogP contribution in [0.1, 0.15) is 44.5 Å². The third-order valence-corrected chi connectivity index (χ3v) is 4.76. The maximum atomic E-state index is 13.0. The van der Waals surface area contributed by atoms with Crippen LogP contribution >= 0.6 is 0 Å². The van der Waals surface area contributed by atoms with Crippen molar-refractivity contribution >= 4 is 23.5 Å². The smallest absolute Gasteiger partial charge is 0.250 e. The number of amidine groups is 1. The van der Waals surface area contributed by atoms with Crippen molar-refractivity contribution in [3.05, 3.63) is 47.6 Å². The van der Waals surface area contributed by atoms with Gasteiger partial charge < -0.3 is 16.4 Å². The number of hydrogen-bond acceptors (Lipinski definition) is 6. The van der Waals surface area contributed by atoms with E-state index in [1.165, 1.54) is 0 Å². The number of carbonyl (C=O) groups excluding carboxylic acids is 1. The molecular weight excluding hydrogens is 364 g/mol. The molecule has 0 spiro atoms. The molecule has 0 aliphatic carbocycles. The lowest BCUT2D eigenvalue weighted by atomic mass is 10.1. The Kier molecular flexibility index (Phi) is 6.72. The second kappa shape index (κ2) is 9.43. The van der Waals surface area contributed by atoms with Crippen LogP contribution in [0.3, 0.4) is 0 Å². The molecule has 0 atom stereocenters. The second-order valence-corrected chi connectivity index (χ2v) is 7.11. The van der Waals surface area contributed by atoms with Gasteiger partial charge in [-0.25, -0.2) is 4.99 Å². The molecule has 4 N–H and O–H groups in total. The predicted molar refractivity (Wildman–Crippen MR) is 116 cm³/mol. The zero-order valence-electron chi connectivity index (χ0n) is 17.1. The number of hydrogen-bond donors (Lipinski definition) is 2. The number of aromatic nitrogens is 2. The predicted octanol–water partition coefficient (Wildman–Crippen LogP) is 3.03. The van der Waals surface area contributed by atoms with Crippen LogP contribution < -0.4 is 11.5 Å². The third kappa shape index (κ3) is 4.86. The van der Waals surface area contributed by atoms with Gasteiger partial charge in [-0.1, -0.05) is 19.9 Å². The molecule has 0 unspecified atom stereocenters. The Morgan fingerprint density at radius 2 is 1.83 bits per heavy atom. The lowest BCUT2D eigenvalue weighted by molar-refractivity contribution is -0.127. The molecule has 0 saturated heterocycles. The molecule has 0 aromatic carbocycles. The molecule has 152 valence electrons. The van der Waals surface area contributed by atoms with E-state index in [9.17, 15) is 4.79 Å². The Bertz CT molecular complexity index is 927. The topological polar surface area (TPSA) is 110 Å². The van der Waals surface area contributed by atoms with E-state index in [0.717, 1.165) is 42.8 Å². The molecule has 2 aromatic heterocycles. The summed E-state index contributed by atoms with van der Waals surface area (Å²) >= 11 is 0. The highest BCUT2D eigenvalue weighted by molar-refractivity contribution is 6.05. The zero-order chi connectivity index (χ0) is 20.8. The number of nitrogens with two attached hydrogens (primary N) is 2. The highest BCUT2D eigenvalue weighted by atomic mass is 16.2. The Labute approximate surface area is 171 Å².